The molecule has 0 unspecified atom stereocenters. The van der Waals surface area contributed by atoms with Crippen molar-refractivity contribution in [2.45, 2.75) is 20.0 Å². The lowest BCUT2D eigenvalue weighted by Crippen LogP contribution is -2.38. The summed E-state index contributed by atoms with van der Waals surface area (Å²) in [5.74, 6) is -0.159. The summed E-state index contributed by atoms with van der Waals surface area (Å²) in [6.45, 7) is 2.75. The van der Waals surface area contributed by atoms with Crippen LogP contribution in [0.25, 0.3) is 16.8 Å². The number of carbonyl (C=O) groups is 1. The van der Waals surface area contributed by atoms with Crippen molar-refractivity contribution in [3.8, 4) is 0 Å². The van der Waals surface area contributed by atoms with E-state index in [1.807, 2.05) is 35.7 Å². The van der Waals surface area contributed by atoms with Gasteiger partial charge >= 0.3 is 5.69 Å². The van der Waals surface area contributed by atoms with Gasteiger partial charge in [0, 0.05) is 26.8 Å². The van der Waals surface area contributed by atoms with Gasteiger partial charge in [0.1, 0.15) is 12.2 Å². The molecule has 150 valence electrons. The van der Waals surface area contributed by atoms with Crippen molar-refractivity contribution < 1.29 is 4.79 Å². The fraction of sp³-hybridized carbons (Fsp3) is 0.316. The van der Waals surface area contributed by atoms with Gasteiger partial charge in [-0.15, -0.1) is 0 Å². The molecule has 0 aliphatic rings. The van der Waals surface area contributed by atoms with Gasteiger partial charge in [0.25, 0.3) is 5.56 Å². The van der Waals surface area contributed by atoms with Gasteiger partial charge in [-0.3, -0.25) is 18.7 Å². The summed E-state index contributed by atoms with van der Waals surface area (Å²) in [5.41, 5.74) is 1.27. The Morgan fingerprint density at radius 1 is 1.14 bits per heavy atom. The molecule has 4 heterocycles. The Hall–Kier alpha value is -3.69. The van der Waals surface area contributed by atoms with Gasteiger partial charge in [-0.25, -0.2) is 14.8 Å². The number of pyridine rings is 1. The third-order valence-electron chi connectivity index (χ3n) is 5.10. The molecule has 0 fully saturated rings. The van der Waals surface area contributed by atoms with Crippen LogP contribution in [-0.2, 0) is 32.0 Å². The van der Waals surface area contributed by atoms with Crippen LogP contribution in [0.3, 0.4) is 0 Å². The molecule has 10 nitrogen and oxygen atoms in total. The first-order valence-electron chi connectivity index (χ1n) is 9.22. The third kappa shape index (κ3) is 3.02. The molecule has 0 N–H and O–H groups in total. The van der Waals surface area contributed by atoms with Crippen molar-refractivity contribution in [1.29, 1.82) is 0 Å². The van der Waals surface area contributed by atoms with Gasteiger partial charge in [0.2, 0.25) is 5.91 Å². The number of nitrogens with zero attached hydrogens (tertiary/aromatic N) is 7. The molecular formula is C19H21N7O3. The van der Waals surface area contributed by atoms with Crippen LogP contribution in [0.2, 0.25) is 0 Å². The number of carbonyl (C=O) groups excluding carboxylic acids is 1. The molecule has 0 aliphatic carbocycles. The molecule has 1 amide bonds. The molecule has 0 saturated carbocycles. The summed E-state index contributed by atoms with van der Waals surface area (Å²) < 4.78 is 5.75. The van der Waals surface area contributed by atoms with Crippen LogP contribution >= 0.6 is 0 Å². The summed E-state index contributed by atoms with van der Waals surface area (Å²) in [5, 5.41) is 0. The van der Waals surface area contributed by atoms with Gasteiger partial charge in [0.15, 0.2) is 11.2 Å². The number of fused-ring (bicyclic) bond motifs is 2. The van der Waals surface area contributed by atoms with Crippen LogP contribution in [0.5, 0.6) is 0 Å². The molecule has 0 atom stereocenters. The highest BCUT2D eigenvalue weighted by Gasteiger charge is 2.19. The van der Waals surface area contributed by atoms with E-state index in [0.717, 1.165) is 15.9 Å². The van der Waals surface area contributed by atoms with Gasteiger partial charge in [-0.05, 0) is 19.1 Å². The Morgan fingerprint density at radius 3 is 2.69 bits per heavy atom. The summed E-state index contributed by atoms with van der Waals surface area (Å²) in [6.07, 6.45) is 5.08. The summed E-state index contributed by atoms with van der Waals surface area (Å²) in [7, 11) is 2.96. The number of aromatic nitrogens is 6. The average Bonchev–Trinajstić information content (AvgIpc) is 3.33. The molecule has 4 rings (SSSR count). The van der Waals surface area contributed by atoms with Crippen LogP contribution in [0.4, 0.5) is 0 Å². The lowest BCUT2D eigenvalue weighted by Gasteiger charge is -2.21. The molecule has 0 aromatic carbocycles. The summed E-state index contributed by atoms with van der Waals surface area (Å²) in [4.78, 5) is 47.8. The van der Waals surface area contributed by atoms with E-state index >= 15 is 0 Å². The second kappa shape index (κ2) is 7.04. The van der Waals surface area contributed by atoms with E-state index in [0.29, 0.717) is 13.1 Å². The summed E-state index contributed by atoms with van der Waals surface area (Å²) in [6, 6.07) is 5.72. The number of likely N-dealkylation sites (N-methyl/N-ethyl adjacent to an activating group) is 1. The quantitative estimate of drug-likeness (QED) is 0.478. The molecule has 0 saturated heterocycles. The Labute approximate surface area is 165 Å². The number of amides is 1. The van der Waals surface area contributed by atoms with Crippen molar-refractivity contribution >= 4 is 22.7 Å². The zero-order chi connectivity index (χ0) is 20.7. The van der Waals surface area contributed by atoms with Crippen LogP contribution in [-0.4, -0.2) is 45.4 Å². The molecular weight excluding hydrogens is 374 g/mol. The number of aryl methyl sites for hydroxylation is 1. The van der Waals surface area contributed by atoms with E-state index in [2.05, 4.69) is 9.97 Å². The highest BCUT2D eigenvalue weighted by atomic mass is 16.2. The first-order valence-corrected chi connectivity index (χ1v) is 9.22. The zero-order valence-electron chi connectivity index (χ0n) is 16.4. The maximum absolute atomic E-state index is 13.0. The minimum Gasteiger partial charge on any atom is -0.336 e. The molecule has 10 heteroatoms. The van der Waals surface area contributed by atoms with Crippen LogP contribution < -0.4 is 11.2 Å². The third-order valence-corrected chi connectivity index (χ3v) is 5.10. The van der Waals surface area contributed by atoms with Crippen molar-refractivity contribution in [3.05, 3.63) is 63.5 Å². The zero-order valence-corrected chi connectivity index (χ0v) is 16.4. The van der Waals surface area contributed by atoms with Gasteiger partial charge < -0.3 is 13.9 Å². The molecule has 0 radical (unpaired) electrons. The Bertz CT molecular complexity index is 1340. The number of hydrogen-bond donors (Lipinski definition) is 0. The SMILES string of the molecule is CCN(Cc1cnc2ccccn12)C(=O)Cn1cnc2c1c(=O)n(C)c(=O)n2C. The molecule has 4 aromatic heterocycles. The Morgan fingerprint density at radius 2 is 1.93 bits per heavy atom. The van der Waals surface area contributed by atoms with Gasteiger partial charge in [-0.1, -0.05) is 6.07 Å². The smallest absolute Gasteiger partial charge is 0.332 e. The van der Waals surface area contributed by atoms with Crippen molar-refractivity contribution in [2.24, 2.45) is 14.1 Å². The first-order chi connectivity index (χ1) is 13.9. The van der Waals surface area contributed by atoms with E-state index in [1.165, 1.54) is 22.5 Å². The Kier molecular flexibility index (Phi) is 4.53. The van der Waals surface area contributed by atoms with Crippen LogP contribution in [0, 0.1) is 0 Å². The predicted molar refractivity (Wildman–Crippen MR) is 106 cm³/mol. The molecule has 4 aromatic rings. The second-order valence-corrected chi connectivity index (χ2v) is 6.84. The fourth-order valence-electron chi connectivity index (χ4n) is 3.44. The van der Waals surface area contributed by atoms with E-state index in [1.54, 1.807) is 18.1 Å². The minimum absolute atomic E-state index is 0.0471. The van der Waals surface area contributed by atoms with E-state index < -0.39 is 11.2 Å². The molecule has 0 spiro atoms. The van der Waals surface area contributed by atoms with Gasteiger partial charge in [-0.2, -0.15) is 0 Å². The highest BCUT2D eigenvalue weighted by molar-refractivity contribution is 5.79. The van der Waals surface area contributed by atoms with Gasteiger partial charge in [0.05, 0.1) is 24.8 Å². The maximum atomic E-state index is 13.0. The fourth-order valence-corrected chi connectivity index (χ4v) is 3.44. The monoisotopic (exact) mass is 395 g/mol. The minimum atomic E-state index is -0.474. The number of hydrogen-bond acceptors (Lipinski definition) is 5. The molecule has 29 heavy (non-hydrogen) atoms. The summed E-state index contributed by atoms with van der Waals surface area (Å²) >= 11 is 0. The molecule has 0 aliphatic heterocycles. The van der Waals surface area contributed by atoms with E-state index in [9.17, 15) is 14.4 Å². The first kappa shape index (κ1) is 18.7. The van der Waals surface area contributed by atoms with Crippen molar-refractivity contribution in [1.82, 2.24) is 33.0 Å². The van der Waals surface area contributed by atoms with Crippen LogP contribution in [0.1, 0.15) is 12.6 Å². The van der Waals surface area contributed by atoms with Crippen molar-refractivity contribution in [3.63, 3.8) is 0 Å². The lowest BCUT2D eigenvalue weighted by molar-refractivity contribution is -0.132. The standard InChI is InChI=1S/C19H21N7O3/c1-4-24(10-13-9-20-14-7-5-6-8-26(13)14)15(27)11-25-12-21-17-16(25)18(28)23(3)19(29)22(17)2/h5-9,12H,4,10-11H2,1-3H3. The Balaban J connectivity index is 1.64. The lowest BCUT2D eigenvalue weighted by atomic mass is 10.3. The highest BCUT2D eigenvalue weighted by Crippen LogP contribution is 2.11. The number of rotatable bonds is 5. The van der Waals surface area contributed by atoms with E-state index in [4.69, 9.17) is 0 Å². The largest absolute Gasteiger partial charge is 0.336 e. The normalized spacial score (nSPS) is 11.4. The average molecular weight is 395 g/mol. The predicted octanol–water partition coefficient (Wildman–Crippen LogP) is 0.130. The topological polar surface area (TPSA) is 99.4 Å². The van der Waals surface area contributed by atoms with Crippen LogP contribution in [0.15, 0.2) is 46.5 Å². The second-order valence-electron chi connectivity index (χ2n) is 6.84. The number of imidazole rings is 2. The maximum Gasteiger partial charge on any atom is 0.332 e. The van der Waals surface area contributed by atoms with Crippen molar-refractivity contribution in [2.75, 3.05) is 6.54 Å². The van der Waals surface area contributed by atoms with E-state index in [-0.39, 0.29) is 23.6 Å². The molecule has 0 bridgehead atoms.